The summed E-state index contributed by atoms with van der Waals surface area (Å²) in [6.07, 6.45) is 5.02. The minimum atomic E-state index is -3.02. The maximum absolute atomic E-state index is 13.7. The number of terminal acetylenes is 1. The lowest BCUT2D eigenvalue weighted by atomic mass is 9.89. The monoisotopic (exact) mass is 259 g/mol. The highest BCUT2D eigenvalue weighted by molar-refractivity contribution is 5.74. The van der Waals surface area contributed by atoms with Crippen LogP contribution in [0.15, 0.2) is 0 Å². The number of piperidine rings is 1. The molecule has 0 spiro atoms. The van der Waals surface area contributed by atoms with Gasteiger partial charge in [-0.05, 0) is 20.8 Å². The van der Waals surface area contributed by atoms with Crippen LogP contribution < -0.4 is 0 Å². The summed E-state index contributed by atoms with van der Waals surface area (Å²) >= 11 is 0. The molecule has 0 N–H and O–H groups in total. The number of carbonyl (C=O) groups excluding carboxylic acids is 1. The van der Waals surface area contributed by atoms with Gasteiger partial charge < -0.3 is 4.74 Å². The molecule has 1 unspecified atom stereocenters. The van der Waals surface area contributed by atoms with Gasteiger partial charge >= 0.3 is 5.97 Å². The summed E-state index contributed by atoms with van der Waals surface area (Å²) in [6.45, 7) is 5.37. The minimum absolute atomic E-state index is 0.0664. The van der Waals surface area contributed by atoms with Crippen LogP contribution in [0.4, 0.5) is 8.78 Å². The number of halogens is 2. The van der Waals surface area contributed by atoms with Crippen molar-refractivity contribution in [3.05, 3.63) is 0 Å². The first-order valence-electron chi connectivity index (χ1n) is 6.02. The largest absolute Gasteiger partial charge is 0.466 e. The van der Waals surface area contributed by atoms with E-state index in [-0.39, 0.29) is 26.1 Å². The van der Waals surface area contributed by atoms with Crippen LogP contribution >= 0.6 is 0 Å². The summed E-state index contributed by atoms with van der Waals surface area (Å²) in [5.74, 6) is -2.74. The molecule has 5 heteroatoms. The smallest absolute Gasteiger partial charge is 0.316 e. The van der Waals surface area contributed by atoms with E-state index in [9.17, 15) is 13.6 Å². The third-order valence-electron chi connectivity index (χ3n) is 3.34. The van der Waals surface area contributed by atoms with Crippen LogP contribution in [-0.4, -0.2) is 42.0 Å². The van der Waals surface area contributed by atoms with Gasteiger partial charge in [-0.2, -0.15) is 0 Å². The highest BCUT2D eigenvalue weighted by atomic mass is 19.3. The zero-order valence-electron chi connectivity index (χ0n) is 11.0. The van der Waals surface area contributed by atoms with Crippen molar-refractivity contribution in [2.75, 3.05) is 19.7 Å². The molecule has 0 saturated carbocycles. The molecule has 3 nitrogen and oxygen atoms in total. The van der Waals surface area contributed by atoms with Gasteiger partial charge in [0.1, 0.15) is 5.92 Å². The van der Waals surface area contributed by atoms with Gasteiger partial charge in [0.05, 0.1) is 12.1 Å². The number of nitrogens with zero attached hydrogens (tertiary/aromatic N) is 1. The van der Waals surface area contributed by atoms with Gasteiger partial charge in [0.2, 0.25) is 0 Å². The standard InChI is InChI=1S/C13H19F2NO2/c1-5-12(3,4)16-8-7-13(14,15)10(9-16)11(17)18-6-2/h1,10H,6-9H2,2-4H3. The molecule has 0 aromatic carbocycles. The Morgan fingerprint density at radius 3 is 2.72 bits per heavy atom. The molecule has 1 fully saturated rings. The molecule has 1 heterocycles. The first-order chi connectivity index (χ1) is 8.24. The van der Waals surface area contributed by atoms with Crippen molar-refractivity contribution in [1.82, 2.24) is 4.90 Å². The lowest BCUT2D eigenvalue weighted by molar-refractivity contribution is -0.174. The fraction of sp³-hybridized carbons (Fsp3) is 0.769. The topological polar surface area (TPSA) is 29.5 Å². The molecule has 0 aliphatic carbocycles. The van der Waals surface area contributed by atoms with Gasteiger partial charge in [0.15, 0.2) is 0 Å². The van der Waals surface area contributed by atoms with Gasteiger partial charge in [0.25, 0.3) is 5.92 Å². The van der Waals surface area contributed by atoms with Crippen molar-refractivity contribution in [1.29, 1.82) is 0 Å². The van der Waals surface area contributed by atoms with Gasteiger partial charge in [-0.15, -0.1) is 6.42 Å². The fourth-order valence-corrected chi connectivity index (χ4v) is 1.99. The highest BCUT2D eigenvalue weighted by Crippen LogP contribution is 2.36. The van der Waals surface area contributed by atoms with Gasteiger partial charge in [-0.1, -0.05) is 5.92 Å². The first kappa shape index (κ1) is 14.9. The van der Waals surface area contributed by atoms with Crippen LogP contribution in [0.25, 0.3) is 0 Å². The lowest BCUT2D eigenvalue weighted by Crippen LogP contribution is -2.56. The molecule has 0 amide bonds. The van der Waals surface area contributed by atoms with Crippen LogP contribution in [0.5, 0.6) is 0 Å². The molecule has 18 heavy (non-hydrogen) atoms. The molecule has 1 rings (SSSR count). The Kier molecular flexibility index (Phi) is 4.33. The quantitative estimate of drug-likeness (QED) is 0.573. The minimum Gasteiger partial charge on any atom is -0.466 e. The lowest BCUT2D eigenvalue weighted by Gasteiger charge is -2.42. The van der Waals surface area contributed by atoms with E-state index < -0.39 is 23.3 Å². The summed E-state index contributed by atoms with van der Waals surface area (Å²) in [6, 6.07) is 0. The summed E-state index contributed by atoms with van der Waals surface area (Å²) in [5, 5.41) is 0. The van der Waals surface area contributed by atoms with Crippen molar-refractivity contribution in [3.8, 4) is 12.3 Å². The van der Waals surface area contributed by atoms with E-state index in [1.165, 1.54) is 0 Å². The van der Waals surface area contributed by atoms with Gasteiger partial charge in [0, 0.05) is 19.5 Å². The number of esters is 1. The number of hydrogen-bond acceptors (Lipinski definition) is 3. The first-order valence-corrected chi connectivity index (χ1v) is 6.02. The molecule has 0 radical (unpaired) electrons. The molecule has 102 valence electrons. The van der Waals surface area contributed by atoms with Crippen LogP contribution in [0, 0.1) is 18.3 Å². The molecule has 0 aromatic heterocycles. The molecule has 1 aliphatic heterocycles. The normalized spacial score (nSPS) is 24.3. The predicted octanol–water partition coefficient (Wildman–Crippen LogP) is 1.92. The summed E-state index contributed by atoms with van der Waals surface area (Å²) in [5.41, 5.74) is -0.638. The van der Waals surface area contributed by atoms with E-state index in [0.29, 0.717) is 0 Å². The Labute approximate surface area is 106 Å². The third-order valence-corrected chi connectivity index (χ3v) is 3.34. The second-order valence-electron chi connectivity index (χ2n) is 4.97. The molecule has 0 aromatic rings. The van der Waals surface area contributed by atoms with Crippen molar-refractivity contribution >= 4 is 5.97 Å². The Morgan fingerprint density at radius 2 is 2.22 bits per heavy atom. The Hall–Kier alpha value is -1.15. The van der Waals surface area contributed by atoms with Crippen molar-refractivity contribution in [2.24, 2.45) is 5.92 Å². The maximum atomic E-state index is 13.7. The summed E-state index contributed by atoms with van der Waals surface area (Å²) in [7, 11) is 0. The number of ether oxygens (including phenoxy) is 1. The van der Waals surface area contributed by atoms with Crippen molar-refractivity contribution < 1.29 is 18.3 Å². The van der Waals surface area contributed by atoms with Crippen LogP contribution in [0.1, 0.15) is 27.2 Å². The fourth-order valence-electron chi connectivity index (χ4n) is 1.99. The number of hydrogen-bond donors (Lipinski definition) is 0. The number of carbonyl (C=O) groups is 1. The maximum Gasteiger partial charge on any atom is 0.316 e. The van der Waals surface area contributed by atoms with E-state index in [4.69, 9.17) is 11.2 Å². The molecular weight excluding hydrogens is 240 g/mol. The van der Waals surface area contributed by atoms with E-state index >= 15 is 0 Å². The Bertz CT molecular complexity index is 360. The predicted molar refractivity (Wildman–Crippen MR) is 64.2 cm³/mol. The van der Waals surface area contributed by atoms with E-state index in [0.717, 1.165) is 0 Å². The van der Waals surface area contributed by atoms with Crippen LogP contribution in [0.3, 0.4) is 0 Å². The second-order valence-corrected chi connectivity index (χ2v) is 4.97. The number of likely N-dealkylation sites (tertiary alicyclic amines) is 1. The van der Waals surface area contributed by atoms with Crippen molar-refractivity contribution in [2.45, 2.75) is 38.7 Å². The zero-order valence-corrected chi connectivity index (χ0v) is 11.0. The molecular formula is C13H19F2NO2. The number of rotatable bonds is 3. The Balaban J connectivity index is 2.86. The second kappa shape index (κ2) is 5.23. The van der Waals surface area contributed by atoms with Crippen molar-refractivity contribution in [3.63, 3.8) is 0 Å². The Morgan fingerprint density at radius 1 is 1.61 bits per heavy atom. The average molecular weight is 259 g/mol. The van der Waals surface area contributed by atoms with Crippen LogP contribution in [-0.2, 0) is 9.53 Å². The molecule has 1 saturated heterocycles. The summed E-state index contributed by atoms with van der Waals surface area (Å²) in [4.78, 5) is 13.3. The van der Waals surface area contributed by atoms with E-state index in [1.54, 1.807) is 25.7 Å². The molecule has 1 atom stereocenters. The SMILES string of the molecule is C#CC(C)(C)N1CCC(F)(F)C(C(=O)OCC)C1. The van der Waals surface area contributed by atoms with E-state index in [2.05, 4.69) is 5.92 Å². The molecule has 1 aliphatic rings. The van der Waals surface area contributed by atoms with E-state index in [1.807, 2.05) is 0 Å². The average Bonchev–Trinajstić information content (AvgIpc) is 2.28. The van der Waals surface area contributed by atoms with Gasteiger partial charge in [-0.25, -0.2) is 8.78 Å². The van der Waals surface area contributed by atoms with Crippen LogP contribution in [0.2, 0.25) is 0 Å². The summed E-state index contributed by atoms with van der Waals surface area (Å²) < 4.78 is 32.2. The van der Waals surface area contributed by atoms with Gasteiger partial charge in [-0.3, -0.25) is 9.69 Å². The third kappa shape index (κ3) is 2.99. The zero-order chi connectivity index (χ0) is 14.0. The molecule has 0 bridgehead atoms. The highest BCUT2D eigenvalue weighted by Gasteiger charge is 2.50. The number of alkyl halides is 2.